The number of carbonyl (C=O) groups is 1. The number of ketones is 1. The Morgan fingerprint density at radius 2 is 1.83 bits per heavy atom. The number of Topliss-reactive ketones (excluding diaryl/α,β-unsaturated/α-hetero) is 1. The molecule has 0 spiro atoms. The molecule has 6 rings (SSSR count). The SMILES string of the molecule is C1COCCO1.COc1ccccc1C=C1Oc2c(ccc3c2CN(Cc2cccnc2)CO3)C1=O. The zero-order chi connectivity index (χ0) is 24.7. The monoisotopic (exact) mass is 488 g/mol. The van der Waals surface area contributed by atoms with Gasteiger partial charge in [-0.3, -0.25) is 14.7 Å². The number of nitrogens with zero attached hydrogens (tertiary/aromatic N) is 2. The fourth-order valence-corrected chi connectivity index (χ4v) is 4.22. The molecule has 186 valence electrons. The lowest BCUT2D eigenvalue weighted by molar-refractivity contribution is -0.0334. The van der Waals surface area contributed by atoms with Crippen molar-refractivity contribution in [3.05, 3.63) is 88.9 Å². The standard InChI is InChI=1S/C24H20N2O4.C4H8O2/c1-28-20-7-3-2-6-17(20)11-22-23(27)18-8-9-21-19(24(18)30-22)14-26(15-29-21)13-16-5-4-10-25-12-16;1-2-6-4-3-5-1/h2-12H,13-15H2,1H3;1-4H2. The van der Waals surface area contributed by atoms with Crippen LogP contribution in [-0.2, 0) is 22.6 Å². The Kier molecular flexibility index (Phi) is 7.56. The third-order valence-corrected chi connectivity index (χ3v) is 5.98. The molecule has 3 aliphatic heterocycles. The summed E-state index contributed by atoms with van der Waals surface area (Å²) in [7, 11) is 1.61. The molecule has 1 aromatic heterocycles. The molecular weight excluding hydrogens is 460 g/mol. The van der Waals surface area contributed by atoms with Crippen LogP contribution in [-0.4, -0.2) is 55.9 Å². The number of aromatic nitrogens is 1. The average Bonchev–Trinajstić information content (AvgIpc) is 3.26. The van der Waals surface area contributed by atoms with Gasteiger partial charge < -0.3 is 23.7 Å². The van der Waals surface area contributed by atoms with E-state index in [2.05, 4.69) is 9.88 Å². The second-order valence-corrected chi connectivity index (χ2v) is 8.45. The van der Waals surface area contributed by atoms with Crippen molar-refractivity contribution in [3.63, 3.8) is 0 Å². The van der Waals surface area contributed by atoms with Crippen LogP contribution in [0.3, 0.4) is 0 Å². The van der Waals surface area contributed by atoms with Crippen LogP contribution in [0.25, 0.3) is 6.08 Å². The summed E-state index contributed by atoms with van der Waals surface area (Å²) in [4.78, 5) is 19.3. The minimum absolute atomic E-state index is 0.136. The molecule has 0 N–H and O–H groups in total. The number of ether oxygens (including phenoxy) is 5. The largest absolute Gasteiger partial charge is 0.496 e. The number of pyridine rings is 1. The molecule has 8 nitrogen and oxygen atoms in total. The Balaban J connectivity index is 0.000000391. The van der Waals surface area contributed by atoms with E-state index in [0.717, 1.165) is 48.9 Å². The summed E-state index contributed by atoms with van der Waals surface area (Å²) in [5.41, 5.74) is 3.34. The van der Waals surface area contributed by atoms with Crippen LogP contribution >= 0.6 is 0 Å². The summed E-state index contributed by atoms with van der Waals surface area (Å²) in [5, 5.41) is 0. The first-order valence-electron chi connectivity index (χ1n) is 11.9. The third kappa shape index (κ3) is 5.41. The van der Waals surface area contributed by atoms with Gasteiger partial charge in [0, 0.05) is 31.0 Å². The molecule has 1 saturated heterocycles. The van der Waals surface area contributed by atoms with E-state index >= 15 is 0 Å². The number of carbonyl (C=O) groups excluding carboxylic acids is 1. The Hall–Kier alpha value is -3.72. The molecule has 0 unspecified atom stereocenters. The van der Waals surface area contributed by atoms with Crippen LogP contribution in [0, 0.1) is 0 Å². The number of para-hydroxylation sites is 1. The molecule has 4 heterocycles. The van der Waals surface area contributed by atoms with Gasteiger partial charge in [0.1, 0.15) is 24.0 Å². The van der Waals surface area contributed by atoms with Crippen LogP contribution in [0.2, 0.25) is 0 Å². The van der Waals surface area contributed by atoms with Gasteiger partial charge in [0.15, 0.2) is 5.76 Å². The second-order valence-electron chi connectivity index (χ2n) is 8.45. The molecule has 0 aliphatic carbocycles. The van der Waals surface area contributed by atoms with Crippen LogP contribution in [0.4, 0.5) is 0 Å². The number of allylic oxidation sites excluding steroid dienone is 1. The number of fused-ring (bicyclic) bond motifs is 3. The van der Waals surface area contributed by atoms with Crippen molar-refractivity contribution in [3.8, 4) is 17.2 Å². The molecule has 8 heteroatoms. The van der Waals surface area contributed by atoms with Crippen molar-refractivity contribution < 1.29 is 28.5 Å². The second kappa shape index (κ2) is 11.3. The van der Waals surface area contributed by atoms with Crippen LogP contribution < -0.4 is 14.2 Å². The molecule has 0 bridgehead atoms. The maximum absolute atomic E-state index is 13.0. The van der Waals surface area contributed by atoms with Gasteiger partial charge in [-0.15, -0.1) is 0 Å². The number of hydrogen-bond acceptors (Lipinski definition) is 8. The van der Waals surface area contributed by atoms with Crippen LogP contribution in [0.1, 0.15) is 27.0 Å². The maximum Gasteiger partial charge on any atom is 0.231 e. The normalized spacial score (nSPS) is 17.8. The van der Waals surface area contributed by atoms with Crippen molar-refractivity contribution in [2.45, 2.75) is 13.1 Å². The lowest BCUT2D eigenvalue weighted by Crippen LogP contribution is -2.31. The molecule has 0 radical (unpaired) electrons. The van der Waals surface area contributed by atoms with E-state index in [0.29, 0.717) is 36.9 Å². The Morgan fingerprint density at radius 3 is 2.56 bits per heavy atom. The van der Waals surface area contributed by atoms with E-state index in [9.17, 15) is 4.79 Å². The third-order valence-electron chi connectivity index (χ3n) is 5.98. The fourth-order valence-electron chi connectivity index (χ4n) is 4.22. The van der Waals surface area contributed by atoms with Gasteiger partial charge >= 0.3 is 0 Å². The van der Waals surface area contributed by atoms with Crippen molar-refractivity contribution >= 4 is 11.9 Å². The Bertz CT molecular complexity index is 1230. The highest BCUT2D eigenvalue weighted by Crippen LogP contribution is 2.42. The first-order chi connectivity index (χ1) is 17.7. The fraction of sp³-hybridized carbons (Fsp3) is 0.286. The zero-order valence-corrected chi connectivity index (χ0v) is 20.1. The lowest BCUT2D eigenvalue weighted by atomic mass is 10.0. The van der Waals surface area contributed by atoms with Gasteiger partial charge in [-0.25, -0.2) is 0 Å². The van der Waals surface area contributed by atoms with E-state index in [4.69, 9.17) is 23.7 Å². The molecule has 0 amide bonds. The molecule has 3 aromatic rings. The van der Waals surface area contributed by atoms with Gasteiger partial charge in [-0.1, -0.05) is 24.3 Å². The van der Waals surface area contributed by atoms with Crippen LogP contribution in [0.15, 0.2) is 66.7 Å². The van der Waals surface area contributed by atoms with E-state index < -0.39 is 0 Å². The first kappa shape index (κ1) is 24.0. The first-order valence-corrected chi connectivity index (χ1v) is 11.9. The molecular formula is C28H28N2O6. The number of methoxy groups -OCH3 is 1. The highest BCUT2D eigenvalue weighted by molar-refractivity contribution is 6.15. The van der Waals surface area contributed by atoms with Gasteiger partial charge in [0.25, 0.3) is 0 Å². The highest BCUT2D eigenvalue weighted by Gasteiger charge is 2.33. The number of benzene rings is 2. The summed E-state index contributed by atoms with van der Waals surface area (Å²) in [6.07, 6.45) is 5.33. The van der Waals surface area contributed by atoms with Gasteiger partial charge in [0.05, 0.1) is 44.7 Å². The summed E-state index contributed by atoms with van der Waals surface area (Å²) in [5.74, 6) is 2.16. The summed E-state index contributed by atoms with van der Waals surface area (Å²) >= 11 is 0. The van der Waals surface area contributed by atoms with Crippen molar-refractivity contribution in [2.75, 3.05) is 40.3 Å². The predicted octanol–water partition coefficient (Wildman–Crippen LogP) is 4.09. The Labute approximate surface area is 210 Å². The van der Waals surface area contributed by atoms with E-state index in [-0.39, 0.29) is 11.5 Å². The molecule has 36 heavy (non-hydrogen) atoms. The molecule has 0 saturated carbocycles. The van der Waals surface area contributed by atoms with E-state index in [1.807, 2.05) is 48.7 Å². The number of rotatable bonds is 4. The zero-order valence-electron chi connectivity index (χ0n) is 20.1. The number of hydrogen-bond donors (Lipinski definition) is 0. The maximum atomic E-state index is 13.0. The minimum Gasteiger partial charge on any atom is -0.496 e. The van der Waals surface area contributed by atoms with Crippen molar-refractivity contribution in [1.29, 1.82) is 0 Å². The average molecular weight is 489 g/mol. The summed E-state index contributed by atoms with van der Waals surface area (Å²) in [6, 6.07) is 15.1. The smallest absolute Gasteiger partial charge is 0.231 e. The van der Waals surface area contributed by atoms with Gasteiger partial charge in [-0.05, 0) is 35.9 Å². The minimum atomic E-state index is -0.136. The van der Waals surface area contributed by atoms with Gasteiger partial charge in [0.2, 0.25) is 5.78 Å². The quantitative estimate of drug-likeness (QED) is 0.508. The van der Waals surface area contributed by atoms with Crippen molar-refractivity contribution in [2.24, 2.45) is 0 Å². The van der Waals surface area contributed by atoms with E-state index in [1.165, 1.54) is 0 Å². The summed E-state index contributed by atoms with van der Waals surface area (Å²) in [6.45, 7) is 4.91. The Morgan fingerprint density at radius 1 is 1.03 bits per heavy atom. The molecule has 2 aromatic carbocycles. The molecule has 1 fully saturated rings. The van der Waals surface area contributed by atoms with E-state index in [1.54, 1.807) is 25.4 Å². The highest BCUT2D eigenvalue weighted by atomic mass is 16.6. The topological polar surface area (TPSA) is 79.3 Å². The lowest BCUT2D eigenvalue weighted by Gasteiger charge is -2.29. The molecule has 3 aliphatic rings. The summed E-state index contributed by atoms with van der Waals surface area (Å²) < 4.78 is 27.3. The van der Waals surface area contributed by atoms with Crippen LogP contribution in [0.5, 0.6) is 17.2 Å². The van der Waals surface area contributed by atoms with Gasteiger partial charge in [-0.2, -0.15) is 0 Å². The predicted molar refractivity (Wildman–Crippen MR) is 133 cm³/mol. The molecule has 0 atom stereocenters. The van der Waals surface area contributed by atoms with Crippen molar-refractivity contribution in [1.82, 2.24) is 9.88 Å².